The fourth-order valence-corrected chi connectivity index (χ4v) is 1.67. The van der Waals surface area contributed by atoms with E-state index in [4.69, 9.17) is 5.73 Å². The van der Waals surface area contributed by atoms with Crippen molar-refractivity contribution in [2.75, 3.05) is 0 Å². The van der Waals surface area contributed by atoms with Gasteiger partial charge in [-0.15, -0.1) is 0 Å². The second-order valence-corrected chi connectivity index (χ2v) is 3.68. The summed E-state index contributed by atoms with van der Waals surface area (Å²) in [6, 6.07) is 6.29. The van der Waals surface area contributed by atoms with Crippen LogP contribution in [0.3, 0.4) is 0 Å². The molecule has 0 unspecified atom stereocenters. The molecule has 2 aromatic rings. The number of non-ortho nitro benzene ring substituents is 1. The van der Waals surface area contributed by atoms with Crippen molar-refractivity contribution in [2.45, 2.75) is 6.54 Å². The third-order valence-electron chi connectivity index (χ3n) is 2.48. The van der Waals surface area contributed by atoms with Gasteiger partial charge in [0.2, 0.25) is 0 Å². The molecule has 88 valence electrons. The third kappa shape index (κ3) is 2.16. The predicted octanol–water partition coefficient (Wildman–Crippen LogP) is 1.45. The van der Waals surface area contributed by atoms with Crippen molar-refractivity contribution in [3.8, 4) is 11.3 Å². The number of nitro groups is 1. The Morgan fingerprint density at radius 1 is 1.41 bits per heavy atom. The molecule has 0 radical (unpaired) electrons. The van der Waals surface area contributed by atoms with E-state index >= 15 is 0 Å². The summed E-state index contributed by atoms with van der Waals surface area (Å²) >= 11 is 0. The summed E-state index contributed by atoms with van der Waals surface area (Å²) in [7, 11) is 1.81. The lowest BCUT2D eigenvalue weighted by atomic mass is 10.1. The Balaban J connectivity index is 2.42. The molecule has 1 heterocycles. The molecule has 1 aromatic carbocycles. The molecule has 0 fully saturated rings. The highest BCUT2D eigenvalue weighted by molar-refractivity contribution is 5.64. The van der Waals surface area contributed by atoms with Crippen molar-refractivity contribution in [2.24, 2.45) is 12.8 Å². The number of rotatable bonds is 3. The number of nitrogens with two attached hydrogens (primary N) is 1. The smallest absolute Gasteiger partial charge is 0.269 e. The van der Waals surface area contributed by atoms with E-state index in [2.05, 4.69) is 5.10 Å². The molecule has 0 aliphatic rings. The summed E-state index contributed by atoms with van der Waals surface area (Å²) < 4.78 is 1.68. The number of nitrogens with zero attached hydrogens (tertiary/aromatic N) is 3. The van der Waals surface area contributed by atoms with Gasteiger partial charge in [-0.25, -0.2) is 0 Å². The van der Waals surface area contributed by atoms with Crippen LogP contribution in [0.2, 0.25) is 0 Å². The van der Waals surface area contributed by atoms with Crippen LogP contribution in [0.4, 0.5) is 5.69 Å². The summed E-state index contributed by atoms with van der Waals surface area (Å²) in [4.78, 5) is 10.1. The molecule has 1 aromatic heterocycles. The molecule has 0 spiro atoms. The van der Waals surface area contributed by atoms with Crippen molar-refractivity contribution in [1.82, 2.24) is 9.78 Å². The molecular formula is C11H12N4O2. The minimum Gasteiger partial charge on any atom is -0.326 e. The van der Waals surface area contributed by atoms with Crippen LogP contribution in [-0.4, -0.2) is 14.7 Å². The van der Waals surface area contributed by atoms with Gasteiger partial charge in [-0.2, -0.15) is 5.10 Å². The molecule has 17 heavy (non-hydrogen) atoms. The maximum Gasteiger partial charge on any atom is 0.269 e. The van der Waals surface area contributed by atoms with Crippen molar-refractivity contribution >= 4 is 5.69 Å². The van der Waals surface area contributed by atoms with Crippen LogP contribution in [-0.2, 0) is 13.6 Å². The van der Waals surface area contributed by atoms with Gasteiger partial charge in [-0.3, -0.25) is 14.8 Å². The van der Waals surface area contributed by atoms with Crippen LogP contribution in [0.15, 0.2) is 30.5 Å². The summed E-state index contributed by atoms with van der Waals surface area (Å²) in [6.45, 7) is 0.389. The van der Waals surface area contributed by atoms with Gasteiger partial charge in [-0.05, 0) is 12.1 Å². The zero-order chi connectivity index (χ0) is 12.4. The normalized spacial score (nSPS) is 10.5. The molecule has 0 amide bonds. The summed E-state index contributed by atoms with van der Waals surface area (Å²) in [5, 5.41) is 14.8. The van der Waals surface area contributed by atoms with Crippen molar-refractivity contribution < 1.29 is 4.92 Å². The van der Waals surface area contributed by atoms with Crippen molar-refractivity contribution in [3.63, 3.8) is 0 Å². The lowest BCUT2D eigenvalue weighted by Crippen LogP contribution is -1.96. The topological polar surface area (TPSA) is 87.0 Å². The third-order valence-corrected chi connectivity index (χ3v) is 2.48. The van der Waals surface area contributed by atoms with Gasteiger partial charge >= 0.3 is 0 Å². The first kappa shape index (κ1) is 11.3. The molecule has 0 saturated heterocycles. The number of hydrogen-bond acceptors (Lipinski definition) is 4. The zero-order valence-electron chi connectivity index (χ0n) is 9.33. The average Bonchev–Trinajstić information content (AvgIpc) is 2.70. The predicted molar refractivity (Wildman–Crippen MR) is 63.2 cm³/mol. The van der Waals surface area contributed by atoms with E-state index in [0.29, 0.717) is 6.54 Å². The fourth-order valence-electron chi connectivity index (χ4n) is 1.67. The number of benzene rings is 1. The van der Waals surface area contributed by atoms with E-state index < -0.39 is 4.92 Å². The first-order valence-electron chi connectivity index (χ1n) is 5.09. The molecular weight excluding hydrogens is 220 g/mol. The molecule has 0 aliphatic heterocycles. The molecule has 6 heteroatoms. The second-order valence-electron chi connectivity index (χ2n) is 3.68. The van der Waals surface area contributed by atoms with E-state index in [9.17, 15) is 10.1 Å². The Kier molecular flexibility index (Phi) is 2.88. The highest BCUT2D eigenvalue weighted by atomic mass is 16.6. The van der Waals surface area contributed by atoms with Crippen LogP contribution >= 0.6 is 0 Å². The minimum atomic E-state index is -0.425. The highest BCUT2D eigenvalue weighted by Crippen LogP contribution is 2.23. The summed E-state index contributed by atoms with van der Waals surface area (Å²) in [6.07, 6.45) is 1.84. The van der Waals surface area contributed by atoms with Gasteiger partial charge in [-0.1, -0.05) is 0 Å². The van der Waals surface area contributed by atoms with Crippen LogP contribution in [0.25, 0.3) is 11.3 Å². The van der Waals surface area contributed by atoms with Crippen molar-refractivity contribution in [3.05, 3.63) is 46.1 Å². The SMILES string of the molecule is Cn1cc(CN)c(-c2ccc([N+](=O)[O-])cc2)n1. The number of aromatic nitrogens is 2. The van der Waals surface area contributed by atoms with Gasteiger partial charge in [0.05, 0.1) is 10.6 Å². The molecule has 0 atom stereocenters. The van der Waals surface area contributed by atoms with Gasteiger partial charge in [0.1, 0.15) is 0 Å². The van der Waals surface area contributed by atoms with Crippen molar-refractivity contribution in [1.29, 1.82) is 0 Å². The lowest BCUT2D eigenvalue weighted by molar-refractivity contribution is -0.384. The van der Waals surface area contributed by atoms with E-state index in [1.165, 1.54) is 12.1 Å². The maximum atomic E-state index is 10.5. The van der Waals surface area contributed by atoms with Crippen LogP contribution in [0, 0.1) is 10.1 Å². The van der Waals surface area contributed by atoms with Crippen LogP contribution in [0.1, 0.15) is 5.56 Å². The van der Waals surface area contributed by atoms with E-state index in [1.807, 2.05) is 13.2 Å². The monoisotopic (exact) mass is 232 g/mol. The average molecular weight is 232 g/mol. The largest absolute Gasteiger partial charge is 0.326 e. The lowest BCUT2D eigenvalue weighted by Gasteiger charge is -1.99. The highest BCUT2D eigenvalue weighted by Gasteiger charge is 2.10. The Morgan fingerprint density at radius 2 is 2.06 bits per heavy atom. The summed E-state index contributed by atoms with van der Waals surface area (Å²) in [5.41, 5.74) is 8.20. The second kappa shape index (κ2) is 4.34. The quantitative estimate of drug-likeness (QED) is 0.641. The van der Waals surface area contributed by atoms with Crippen LogP contribution in [0.5, 0.6) is 0 Å². The van der Waals surface area contributed by atoms with Gasteiger partial charge in [0.25, 0.3) is 5.69 Å². The molecule has 0 saturated carbocycles. The Labute approximate surface area is 97.8 Å². The number of hydrogen-bond donors (Lipinski definition) is 1. The molecule has 2 N–H and O–H groups in total. The molecule has 0 bridgehead atoms. The van der Waals surface area contributed by atoms with Gasteiger partial charge in [0.15, 0.2) is 0 Å². The first-order valence-corrected chi connectivity index (χ1v) is 5.09. The zero-order valence-corrected chi connectivity index (χ0v) is 9.33. The van der Waals surface area contributed by atoms with E-state index in [0.717, 1.165) is 16.8 Å². The maximum absolute atomic E-state index is 10.5. The molecule has 2 rings (SSSR count). The number of aryl methyl sites for hydroxylation is 1. The minimum absolute atomic E-state index is 0.0685. The standard InChI is InChI=1S/C11H12N4O2/c1-14-7-9(6-12)11(13-14)8-2-4-10(5-3-8)15(16)17/h2-5,7H,6,12H2,1H3. The fraction of sp³-hybridized carbons (Fsp3) is 0.182. The summed E-state index contributed by atoms with van der Waals surface area (Å²) in [5.74, 6) is 0. The van der Waals surface area contributed by atoms with Gasteiger partial charge < -0.3 is 5.73 Å². The number of nitro benzene ring substituents is 1. The molecule has 0 aliphatic carbocycles. The van der Waals surface area contributed by atoms with Gasteiger partial charge in [0, 0.05) is 43.0 Å². The Hall–Kier alpha value is -2.21. The first-order chi connectivity index (χ1) is 8.11. The van der Waals surface area contributed by atoms with E-state index in [-0.39, 0.29) is 5.69 Å². The Bertz CT molecular complexity index is 545. The molecule has 6 nitrogen and oxygen atoms in total. The van der Waals surface area contributed by atoms with Crippen LogP contribution < -0.4 is 5.73 Å². The van der Waals surface area contributed by atoms with E-state index in [1.54, 1.807) is 16.8 Å². The Morgan fingerprint density at radius 3 is 2.59 bits per heavy atom.